The Kier molecular flexibility index (Phi) is 5.55. The highest BCUT2D eigenvalue weighted by molar-refractivity contribution is 5.98. The Hall–Kier alpha value is -1.14. The lowest BCUT2D eigenvalue weighted by atomic mass is 9.89. The van der Waals surface area contributed by atoms with Gasteiger partial charge in [0.25, 0.3) is 0 Å². The zero-order chi connectivity index (χ0) is 13.6. The molecule has 6 nitrogen and oxygen atoms in total. The van der Waals surface area contributed by atoms with Crippen molar-refractivity contribution in [3.63, 3.8) is 0 Å². The Bertz CT molecular complexity index is 277. The number of unbranched alkanes of at least 4 members (excludes halogenated alkanes) is 3. The molecule has 0 unspecified atom stereocenters. The van der Waals surface area contributed by atoms with Crippen LogP contribution >= 0.6 is 0 Å². The van der Waals surface area contributed by atoms with E-state index in [4.69, 9.17) is 19.7 Å². The second-order valence-electron chi connectivity index (χ2n) is 4.59. The van der Waals surface area contributed by atoms with E-state index in [1.165, 1.54) is 0 Å². The van der Waals surface area contributed by atoms with Gasteiger partial charge in [-0.2, -0.15) is 0 Å². The molecule has 0 aliphatic carbocycles. The lowest BCUT2D eigenvalue weighted by molar-refractivity contribution is -0.238. The van der Waals surface area contributed by atoms with Gasteiger partial charge in [-0.25, -0.2) is 0 Å². The molecule has 0 saturated carbocycles. The van der Waals surface area contributed by atoms with Crippen LogP contribution in [0.15, 0.2) is 0 Å². The average Bonchev–Trinajstić information content (AvgIpc) is 2.35. The molecule has 1 heterocycles. The second-order valence-corrected chi connectivity index (χ2v) is 4.59. The van der Waals surface area contributed by atoms with Gasteiger partial charge in [-0.05, 0) is 12.8 Å². The van der Waals surface area contributed by atoms with Gasteiger partial charge in [-0.15, -0.1) is 0 Å². The normalized spacial score (nSPS) is 19.6. The first kappa shape index (κ1) is 14.9. The van der Waals surface area contributed by atoms with Crippen molar-refractivity contribution < 1.29 is 29.3 Å². The summed E-state index contributed by atoms with van der Waals surface area (Å²) < 4.78 is 10.4. The van der Waals surface area contributed by atoms with E-state index in [-0.39, 0.29) is 13.2 Å². The van der Waals surface area contributed by atoms with Crippen molar-refractivity contribution in [3.8, 4) is 0 Å². The summed E-state index contributed by atoms with van der Waals surface area (Å²) in [7, 11) is 0. The maximum absolute atomic E-state index is 11.0. The average molecular weight is 260 g/mol. The molecular formula is C12H20O6. The van der Waals surface area contributed by atoms with Gasteiger partial charge in [0.2, 0.25) is 5.41 Å². The topological polar surface area (TPSA) is 93.1 Å². The van der Waals surface area contributed by atoms with Gasteiger partial charge < -0.3 is 19.7 Å². The number of hydrogen-bond acceptors (Lipinski definition) is 4. The minimum Gasteiger partial charge on any atom is -0.480 e. The molecule has 1 fully saturated rings. The largest absolute Gasteiger partial charge is 0.480 e. The van der Waals surface area contributed by atoms with Gasteiger partial charge >= 0.3 is 11.9 Å². The molecular weight excluding hydrogens is 240 g/mol. The maximum Gasteiger partial charge on any atom is 0.325 e. The van der Waals surface area contributed by atoms with Crippen LogP contribution in [0, 0.1) is 5.41 Å². The maximum atomic E-state index is 11.0. The first-order valence-corrected chi connectivity index (χ1v) is 6.23. The zero-order valence-corrected chi connectivity index (χ0v) is 10.6. The Labute approximate surface area is 106 Å². The fourth-order valence-electron chi connectivity index (χ4n) is 1.80. The molecule has 104 valence electrons. The number of rotatable bonds is 7. The van der Waals surface area contributed by atoms with Gasteiger partial charge in [0.05, 0.1) is 13.2 Å². The van der Waals surface area contributed by atoms with Crippen molar-refractivity contribution in [2.24, 2.45) is 5.41 Å². The molecule has 6 heteroatoms. The molecule has 0 spiro atoms. The molecule has 0 aromatic carbocycles. The van der Waals surface area contributed by atoms with Crippen LogP contribution in [0.1, 0.15) is 39.0 Å². The monoisotopic (exact) mass is 260 g/mol. The van der Waals surface area contributed by atoms with E-state index in [9.17, 15) is 9.59 Å². The summed E-state index contributed by atoms with van der Waals surface area (Å²) in [4.78, 5) is 22.0. The fourth-order valence-corrected chi connectivity index (χ4v) is 1.80. The summed E-state index contributed by atoms with van der Waals surface area (Å²) in [6, 6.07) is 0. The van der Waals surface area contributed by atoms with Crippen LogP contribution in [-0.2, 0) is 19.1 Å². The summed E-state index contributed by atoms with van der Waals surface area (Å²) in [6.07, 6.45) is 4.48. The molecule has 1 aliphatic rings. The van der Waals surface area contributed by atoms with Crippen LogP contribution in [0.3, 0.4) is 0 Å². The molecule has 0 bridgehead atoms. The molecule has 0 atom stereocenters. The van der Waals surface area contributed by atoms with Crippen molar-refractivity contribution in [2.75, 3.05) is 13.2 Å². The van der Waals surface area contributed by atoms with Gasteiger partial charge in [-0.1, -0.05) is 26.2 Å². The minimum absolute atomic E-state index is 0.337. The van der Waals surface area contributed by atoms with E-state index in [1.807, 2.05) is 0 Å². The van der Waals surface area contributed by atoms with Crippen molar-refractivity contribution >= 4 is 11.9 Å². The smallest absolute Gasteiger partial charge is 0.325 e. The highest BCUT2D eigenvalue weighted by atomic mass is 16.7. The molecule has 18 heavy (non-hydrogen) atoms. The first-order chi connectivity index (χ1) is 8.53. The van der Waals surface area contributed by atoms with Crippen LogP contribution in [0.4, 0.5) is 0 Å². The summed E-state index contributed by atoms with van der Waals surface area (Å²) in [5.74, 6) is -2.83. The third-order valence-electron chi connectivity index (χ3n) is 3.14. The number of carboxylic acid groups (broad SMARTS) is 2. The predicted octanol–water partition coefficient (Wildman–Crippen LogP) is 1.49. The van der Waals surface area contributed by atoms with Crippen molar-refractivity contribution in [2.45, 2.75) is 45.3 Å². The van der Waals surface area contributed by atoms with Crippen LogP contribution in [-0.4, -0.2) is 41.7 Å². The van der Waals surface area contributed by atoms with Gasteiger partial charge in [0, 0.05) is 0 Å². The summed E-state index contributed by atoms with van der Waals surface area (Å²) in [6.45, 7) is 1.44. The lowest BCUT2D eigenvalue weighted by Crippen LogP contribution is -2.52. The van der Waals surface area contributed by atoms with Gasteiger partial charge in [0.1, 0.15) is 0 Å². The van der Waals surface area contributed by atoms with Crippen molar-refractivity contribution in [3.05, 3.63) is 0 Å². The molecule has 1 saturated heterocycles. The molecule has 0 amide bonds. The van der Waals surface area contributed by atoms with E-state index in [0.29, 0.717) is 6.42 Å². The highest BCUT2D eigenvalue weighted by Gasteiger charge is 2.50. The Morgan fingerprint density at radius 3 is 2.11 bits per heavy atom. The molecule has 0 aromatic rings. The second kappa shape index (κ2) is 6.70. The Morgan fingerprint density at radius 2 is 1.67 bits per heavy atom. The summed E-state index contributed by atoms with van der Waals surface area (Å²) in [5.41, 5.74) is -1.96. The molecule has 0 aromatic heterocycles. The summed E-state index contributed by atoms with van der Waals surface area (Å²) in [5, 5.41) is 17.9. The number of aliphatic carboxylic acids is 2. The van der Waals surface area contributed by atoms with E-state index in [0.717, 1.165) is 25.7 Å². The fraction of sp³-hybridized carbons (Fsp3) is 0.833. The quantitative estimate of drug-likeness (QED) is 0.532. The van der Waals surface area contributed by atoms with Crippen LogP contribution in [0.5, 0.6) is 0 Å². The minimum atomic E-state index is -1.96. The van der Waals surface area contributed by atoms with Gasteiger partial charge in [-0.3, -0.25) is 9.59 Å². The summed E-state index contributed by atoms with van der Waals surface area (Å²) >= 11 is 0. The number of ether oxygens (including phenoxy) is 2. The van der Waals surface area contributed by atoms with E-state index in [1.54, 1.807) is 0 Å². The Morgan fingerprint density at radius 1 is 1.11 bits per heavy atom. The Balaban J connectivity index is 2.39. The van der Waals surface area contributed by atoms with Crippen molar-refractivity contribution in [1.82, 2.24) is 0 Å². The van der Waals surface area contributed by atoms with E-state index >= 15 is 0 Å². The third kappa shape index (κ3) is 3.43. The number of hydrogen-bond donors (Lipinski definition) is 2. The predicted molar refractivity (Wildman–Crippen MR) is 62.2 cm³/mol. The van der Waals surface area contributed by atoms with Crippen LogP contribution < -0.4 is 0 Å². The standard InChI is InChI=1S/C12H20O6/c1-2-3-4-5-6-9-17-7-12(8-18-9,10(13)14)11(15)16/h9H,2-8H2,1H3,(H,13,14)(H,15,16). The number of carbonyl (C=O) groups is 2. The molecule has 0 radical (unpaired) electrons. The molecule has 1 rings (SSSR count). The van der Waals surface area contributed by atoms with Crippen molar-refractivity contribution in [1.29, 1.82) is 0 Å². The van der Waals surface area contributed by atoms with E-state index < -0.39 is 23.6 Å². The highest BCUT2D eigenvalue weighted by Crippen LogP contribution is 2.27. The van der Waals surface area contributed by atoms with Crippen LogP contribution in [0.25, 0.3) is 0 Å². The first-order valence-electron chi connectivity index (χ1n) is 6.23. The zero-order valence-electron chi connectivity index (χ0n) is 10.6. The lowest BCUT2D eigenvalue weighted by Gasteiger charge is -2.33. The molecule has 2 N–H and O–H groups in total. The van der Waals surface area contributed by atoms with Crippen LogP contribution in [0.2, 0.25) is 0 Å². The van der Waals surface area contributed by atoms with Gasteiger partial charge in [0.15, 0.2) is 6.29 Å². The molecule has 1 aliphatic heterocycles. The van der Waals surface area contributed by atoms with E-state index in [2.05, 4.69) is 6.92 Å². The third-order valence-corrected chi connectivity index (χ3v) is 3.14. The SMILES string of the molecule is CCCCCCC1OCC(C(=O)O)(C(=O)O)CO1. The number of carboxylic acids is 2.